The third-order valence-corrected chi connectivity index (χ3v) is 2.80. The predicted octanol–water partition coefficient (Wildman–Crippen LogP) is 2.45. The number of hydrogen-bond acceptors (Lipinski definition) is 2. The van der Waals surface area contributed by atoms with Gasteiger partial charge in [0.25, 0.3) is 0 Å². The molecule has 0 saturated carbocycles. The van der Waals surface area contributed by atoms with Crippen molar-refractivity contribution in [1.29, 1.82) is 0 Å². The van der Waals surface area contributed by atoms with Gasteiger partial charge < -0.3 is 9.80 Å². The molecule has 0 aromatic rings. The van der Waals surface area contributed by atoms with E-state index in [-0.39, 0.29) is 0 Å². The minimum absolute atomic E-state index is 1.16. The lowest BCUT2D eigenvalue weighted by Gasteiger charge is -2.20. The number of hydrogen-bond donors (Lipinski definition) is 0. The minimum Gasteiger partial charge on any atom is -0.305 e. The van der Waals surface area contributed by atoms with Gasteiger partial charge in [-0.2, -0.15) is 0 Å². The van der Waals surface area contributed by atoms with Gasteiger partial charge in [-0.15, -0.1) is 0 Å². The molecule has 0 fully saturated rings. The second-order valence-electron chi connectivity index (χ2n) is 4.26. The SMILES string of the molecule is CCCCCCN(C)CCN(C)CC. The number of rotatable bonds is 9. The topological polar surface area (TPSA) is 6.48 Å². The summed E-state index contributed by atoms with van der Waals surface area (Å²) in [4.78, 5) is 4.81. The van der Waals surface area contributed by atoms with Crippen LogP contribution in [0, 0.1) is 0 Å². The Bertz CT molecular complexity index is 115. The highest BCUT2D eigenvalue weighted by Gasteiger charge is 1.99. The van der Waals surface area contributed by atoms with Crippen LogP contribution in [0.25, 0.3) is 0 Å². The van der Waals surface area contributed by atoms with Crippen molar-refractivity contribution in [2.75, 3.05) is 40.3 Å². The summed E-state index contributed by atoms with van der Waals surface area (Å²) in [6, 6.07) is 0. The van der Waals surface area contributed by atoms with E-state index in [1.54, 1.807) is 0 Å². The maximum Gasteiger partial charge on any atom is 0.0106 e. The summed E-state index contributed by atoms with van der Waals surface area (Å²) < 4.78 is 0. The second kappa shape index (κ2) is 9.47. The minimum atomic E-state index is 1.16. The van der Waals surface area contributed by atoms with Gasteiger partial charge in [-0.3, -0.25) is 0 Å². The molecule has 0 amide bonds. The maximum absolute atomic E-state index is 2.45. The lowest BCUT2D eigenvalue weighted by molar-refractivity contribution is 0.260. The molecule has 0 aliphatic carbocycles. The lowest BCUT2D eigenvalue weighted by atomic mass is 10.2. The van der Waals surface area contributed by atoms with Crippen molar-refractivity contribution in [3.8, 4) is 0 Å². The Kier molecular flexibility index (Phi) is 9.42. The quantitative estimate of drug-likeness (QED) is 0.528. The molecule has 0 radical (unpaired) electrons. The molecule has 0 rings (SSSR count). The van der Waals surface area contributed by atoms with Gasteiger partial charge >= 0.3 is 0 Å². The molecule has 0 bridgehead atoms. The van der Waals surface area contributed by atoms with E-state index in [2.05, 4.69) is 37.7 Å². The average molecular weight is 200 g/mol. The molecule has 0 aliphatic rings. The van der Waals surface area contributed by atoms with Crippen LogP contribution in [-0.2, 0) is 0 Å². The van der Waals surface area contributed by atoms with Crippen molar-refractivity contribution in [3.05, 3.63) is 0 Å². The molecule has 0 spiro atoms. The molecule has 0 aromatic heterocycles. The van der Waals surface area contributed by atoms with Crippen LogP contribution in [0.2, 0.25) is 0 Å². The highest BCUT2D eigenvalue weighted by Crippen LogP contribution is 1.99. The van der Waals surface area contributed by atoms with Crippen LogP contribution < -0.4 is 0 Å². The molecular formula is C12H28N2. The second-order valence-corrected chi connectivity index (χ2v) is 4.26. The van der Waals surface area contributed by atoms with Gasteiger partial charge in [-0.1, -0.05) is 33.1 Å². The van der Waals surface area contributed by atoms with Gasteiger partial charge in [0, 0.05) is 13.1 Å². The van der Waals surface area contributed by atoms with Crippen molar-refractivity contribution in [2.45, 2.75) is 39.5 Å². The average Bonchev–Trinajstić information content (AvgIpc) is 2.21. The van der Waals surface area contributed by atoms with E-state index < -0.39 is 0 Å². The zero-order valence-corrected chi connectivity index (χ0v) is 10.6. The van der Waals surface area contributed by atoms with Gasteiger partial charge in [0.15, 0.2) is 0 Å². The Hall–Kier alpha value is -0.0800. The Morgan fingerprint density at radius 3 is 1.93 bits per heavy atom. The molecule has 2 heteroatoms. The summed E-state index contributed by atoms with van der Waals surface area (Å²) in [5.41, 5.74) is 0. The third kappa shape index (κ3) is 8.52. The summed E-state index contributed by atoms with van der Waals surface area (Å²) in [6.07, 6.45) is 5.48. The molecule has 0 aliphatic heterocycles. The van der Waals surface area contributed by atoms with E-state index in [1.807, 2.05) is 0 Å². The van der Waals surface area contributed by atoms with E-state index in [9.17, 15) is 0 Å². The molecule has 0 unspecified atom stereocenters. The summed E-state index contributed by atoms with van der Waals surface area (Å²) in [7, 11) is 4.42. The molecule has 2 nitrogen and oxygen atoms in total. The molecule has 14 heavy (non-hydrogen) atoms. The first-order valence-electron chi connectivity index (χ1n) is 6.07. The highest BCUT2D eigenvalue weighted by molar-refractivity contribution is 4.55. The Morgan fingerprint density at radius 1 is 0.714 bits per heavy atom. The fraction of sp³-hybridized carbons (Fsp3) is 1.00. The van der Waals surface area contributed by atoms with Gasteiger partial charge in [0.2, 0.25) is 0 Å². The van der Waals surface area contributed by atoms with Crippen molar-refractivity contribution in [2.24, 2.45) is 0 Å². The first-order valence-corrected chi connectivity index (χ1v) is 6.07. The van der Waals surface area contributed by atoms with Crippen LogP contribution in [0.3, 0.4) is 0 Å². The van der Waals surface area contributed by atoms with Crippen molar-refractivity contribution >= 4 is 0 Å². The van der Waals surface area contributed by atoms with Crippen LogP contribution in [0.1, 0.15) is 39.5 Å². The van der Waals surface area contributed by atoms with E-state index >= 15 is 0 Å². The first-order chi connectivity index (χ1) is 6.70. The van der Waals surface area contributed by atoms with Crippen molar-refractivity contribution in [3.63, 3.8) is 0 Å². The molecule has 0 saturated heterocycles. The van der Waals surface area contributed by atoms with Crippen molar-refractivity contribution < 1.29 is 0 Å². The Balaban J connectivity index is 3.23. The van der Waals surface area contributed by atoms with Crippen LogP contribution in [0.5, 0.6) is 0 Å². The summed E-state index contributed by atoms with van der Waals surface area (Å²) >= 11 is 0. The van der Waals surface area contributed by atoms with Crippen molar-refractivity contribution in [1.82, 2.24) is 9.80 Å². The maximum atomic E-state index is 2.45. The van der Waals surface area contributed by atoms with Crippen LogP contribution >= 0.6 is 0 Å². The number of likely N-dealkylation sites (N-methyl/N-ethyl adjacent to an activating group) is 2. The summed E-state index contributed by atoms with van der Waals surface area (Å²) in [5.74, 6) is 0. The van der Waals surface area contributed by atoms with E-state index in [1.165, 1.54) is 45.3 Å². The van der Waals surface area contributed by atoms with Gasteiger partial charge in [0.1, 0.15) is 0 Å². The fourth-order valence-corrected chi connectivity index (χ4v) is 1.42. The zero-order valence-electron chi connectivity index (χ0n) is 10.6. The van der Waals surface area contributed by atoms with E-state index in [0.717, 1.165) is 6.54 Å². The van der Waals surface area contributed by atoms with E-state index in [4.69, 9.17) is 0 Å². The predicted molar refractivity (Wildman–Crippen MR) is 64.8 cm³/mol. The molecule has 0 aromatic carbocycles. The smallest absolute Gasteiger partial charge is 0.0106 e. The third-order valence-electron chi connectivity index (χ3n) is 2.80. The first kappa shape index (κ1) is 13.9. The highest BCUT2D eigenvalue weighted by atomic mass is 15.2. The zero-order chi connectivity index (χ0) is 10.8. The van der Waals surface area contributed by atoms with E-state index in [0.29, 0.717) is 0 Å². The van der Waals surface area contributed by atoms with Crippen LogP contribution in [0.15, 0.2) is 0 Å². The fourth-order valence-electron chi connectivity index (χ4n) is 1.42. The summed E-state index contributed by atoms with van der Waals surface area (Å²) in [5, 5.41) is 0. The molecular weight excluding hydrogens is 172 g/mol. The standard InChI is InChI=1S/C12H28N2/c1-5-7-8-9-10-14(4)12-11-13(3)6-2/h5-12H2,1-4H3. The normalized spacial score (nSPS) is 11.6. The van der Waals surface area contributed by atoms with Crippen LogP contribution in [0.4, 0.5) is 0 Å². The van der Waals surface area contributed by atoms with Gasteiger partial charge in [0.05, 0.1) is 0 Å². The largest absolute Gasteiger partial charge is 0.305 e. The summed E-state index contributed by atoms with van der Waals surface area (Å²) in [6.45, 7) is 9.29. The van der Waals surface area contributed by atoms with Gasteiger partial charge in [-0.05, 0) is 33.6 Å². The Labute approximate surface area is 90.3 Å². The number of nitrogens with zero attached hydrogens (tertiary/aromatic N) is 2. The molecule has 86 valence electrons. The monoisotopic (exact) mass is 200 g/mol. The lowest BCUT2D eigenvalue weighted by Crippen LogP contribution is -2.31. The van der Waals surface area contributed by atoms with Gasteiger partial charge in [-0.25, -0.2) is 0 Å². The molecule has 0 N–H and O–H groups in total. The molecule has 0 heterocycles. The Morgan fingerprint density at radius 2 is 1.36 bits per heavy atom. The number of unbranched alkanes of at least 4 members (excludes halogenated alkanes) is 3. The molecule has 0 atom stereocenters. The van der Waals surface area contributed by atoms with Crippen LogP contribution in [-0.4, -0.2) is 50.1 Å².